The number of nitrogens with one attached hydrogen (secondary N) is 1. The zero-order valence-electron chi connectivity index (χ0n) is 20.1. The van der Waals surface area contributed by atoms with Gasteiger partial charge in [0.1, 0.15) is 18.3 Å². The zero-order chi connectivity index (χ0) is 26.4. The molecule has 1 aliphatic rings. The zero-order valence-corrected chi connectivity index (χ0v) is 20.9. The molecule has 11 heteroatoms. The Bertz CT molecular complexity index is 1310. The van der Waals surface area contributed by atoms with E-state index in [2.05, 4.69) is 10.4 Å². The SMILES string of the molecule is COc1ccc(C(=O)NCC(=O)OCC(=O)N2N=C(c3ccc(Cl)cc3)C[C@@H]2c2ccco2)cc1OC. The Morgan fingerprint density at radius 1 is 1.08 bits per heavy atom. The third-order valence-electron chi connectivity index (χ3n) is 5.61. The first kappa shape index (κ1) is 25.8. The van der Waals surface area contributed by atoms with Crippen molar-refractivity contribution in [3.8, 4) is 11.5 Å². The highest BCUT2D eigenvalue weighted by atomic mass is 35.5. The number of carbonyl (C=O) groups is 3. The Morgan fingerprint density at radius 3 is 2.51 bits per heavy atom. The fourth-order valence-electron chi connectivity index (χ4n) is 3.75. The lowest BCUT2D eigenvalue weighted by Gasteiger charge is -2.19. The molecule has 0 bridgehead atoms. The maximum atomic E-state index is 12.9. The monoisotopic (exact) mass is 525 g/mol. The van der Waals surface area contributed by atoms with Gasteiger partial charge in [0.2, 0.25) is 0 Å². The standard InChI is InChI=1S/C26H24ClN3O7/c1-34-22-10-7-17(12-23(22)35-2)26(33)28-14-25(32)37-15-24(31)30-20(21-4-3-11-36-21)13-19(29-30)16-5-8-18(27)9-6-16/h3-12,20H,13-15H2,1-2H3,(H,28,33)/t20-/m1/s1. The lowest BCUT2D eigenvalue weighted by Crippen LogP contribution is -2.34. The second-order valence-corrected chi connectivity index (χ2v) is 8.38. The van der Waals surface area contributed by atoms with E-state index in [1.54, 1.807) is 30.3 Å². The van der Waals surface area contributed by atoms with E-state index in [1.165, 1.54) is 37.6 Å². The van der Waals surface area contributed by atoms with Gasteiger partial charge in [-0.1, -0.05) is 23.7 Å². The van der Waals surface area contributed by atoms with Crippen molar-refractivity contribution in [2.75, 3.05) is 27.4 Å². The van der Waals surface area contributed by atoms with Gasteiger partial charge in [0.05, 0.1) is 26.2 Å². The minimum atomic E-state index is -0.780. The molecule has 0 saturated carbocycles. The van der Waals surface area contributed by atoms with Crippen molar-refractivity contribution in [3.05, 3.63) is 82.8 Å². The molecule has 1 aromatic heterocycles. The van der Waals surface area contributed by atoms with Gasteiger partial charge >= 0.3 is 5.97 Å². The summed E-state index contributed by atoms with van der Waals surface area (Å²) in [6.07, 6.45) is 1.93. The van der Waals surface area contributed by atoms with Crippen LogP contribution in [0, 0.1) is 0 Å². The fourth-order valence-corrected chi connectivity index (χ4v) is 3.88. The molecule has 0 spiro atoms. The molecular weight excluding hydrogens is 502 g/mol. The van der Waals surface area contributed by atoms with E-state index in [0.717, 1.165) is 5.56 Å². The number of esters is 1. The summed E-state index contributed by atoms with van der Waals surface area (Å²) in [4.78, 5) is 37.6. The van der Waals surface area contributed by atoms with Gasteiger partial charge in [-0.15, -0.1) is 0 Å². The van der Waals surface area contributed by atoms with Crippen LogP contribution in [0.2, 0.25) is 5.02 Å². The minimum absolute atomic E-state index is 0.268. The molecule has 0 saturated heterocycles. The summed E-state index contributed by atoms with van der Waals surface area (Å²) in [7, 11) is 2.94. The van der Waals surface area contributed by atoms with Crippen molar-refractivity contribution in [3.63, 3.8) is 0 Å². The number of amides is 2. The Kier molecular flexibility index (Phi) is 8.09. The Balaban J connectivity index is 1.35. The van der Waals surface area contributed by atoms with Gasteiger partial charge in [-0.3, -0.25) is 14.4 Å². The molecule has 2 aromatic carbocycles. The van der Waals surface area contributed by atoms with Crippen molar-refractivity contribution >= 4 is 35.1 Å². The summed E-state index contributed by atoms with van der Waals surface area (Å²) in [5.74, 6) is -0.441. The van der Waals surface area contributed by atoms with E-state index in [9.17, 15) is 14.4 Å². The molecule has 192 valence electrons. The summed E-state index contributed by atoms with van der Waals surface area (Å²) in [5.41, 5.74) is 1.75. The van der Waals surface area contributed by atoms with Crippen LogP contribution in [0.4, 0.5) is 0 Å². The van der Waals surface area contributed by atoms with Gasteiger partial charge in [-0.25, -0.2) is 5.01 Å². The van der Waals surface area contributed by atoms with Gasteiger partial charge in [0.15, 0.2) is 18.1 Å². The van der Waals surface area contributed by atoms with Crippen molar-refractivity contribution in [1.29, 1.82) is 0 Å². The predicted octanol–water partition coefficient (Wildman–Crippen LogP) is 3.60. The second-order valence-electron chi connectivity index (χ2n) is 7.94. The molecule has 3 aromatic rings. The van der Waals surface area contributed by atoms with Crippen molar-refractivity contribution in [2.45, 2.75) is 12.5 Å². The molecule has 37 heavy (non-hydrogen) atoms. The number of hydrazone groups is 1. The number of furan rings is 1. The van der Waals surface area contributed by atoms with Gasteiger partial charge in [-0.05, 0) is 48.0 Å². The molecule has 2 heterocycles. The normalized spacial score (nSPS) is 14.6. The van der Waals surface area contributed by atoms with Gasteiger partial charge < -0.3 is 23.9 Å². The van der Waals surface area contributed by atoms with E-state index in [4.69, 9.17) is 30.2 Å². The average molecular weight is 526 g/mol. The third-order valence-corrected chi connectivity index (χ3v) is 5.86. The number of hydrogen-bond acceptors (Lipinski definition) is 8. The Hall–Kier alpha value is -4.31. The number of ether oxygens (including phenoxy) is 3. The summed E-state index contributed by atoms with van der Waals surface area (Å²) >= 11 is 5.98. The lowest BCUT2D eigenvalue weighted by atomic mass is 10.0. The van der Waals surface area contributed by atoms with Gasteiger partial charge in [0, 0.05) is 17.0 Å². The van der Waals surface area contributed by atoms with Crippen LogP contribution in [-0.4, -0.2) is 55.9 Å². The highest BCUT2D eigenvalue weighted by Gasteiger charge is 2.35. The Labute approximate surface area is 217 Å². The number of carbonyl (C=O) groups excluding carboxylic acids is 3. The average Bonchev–Trinajstić information content (AvgIpc) is 3.61. The predicted molar refractivity (Wildman–Crippen MR) is 134 cm³/mol. The van der Waals surface area contributed by atoms with Crippen LogP contribution in [-0.2, 0) is 14.3 Å². The number of benzene rings is 2. The quantitative estimate of drug-likeness (QED) is 0.424. The van der Waals surface area contributed by atoms with Crippen molar-refractivity contribution in [2.24, 2.45) is 5.10 Å². The first-order valence-electron chi connectivity index (χ1n) is 11.2. The number of nitrogens with zero attached hydrogens (tertiary/aromatic N) is 2. The van der Waals surface area contributed by atoms with Crippen molar-refractivity contribution in [1.82, 2.24) is 10.3 Å². The van der Waals surface area contributed by atoms with E-state index >= 15 is 0 Å². The minimum Gasteiger partial charge on any atom is -0.493 e. The van der Waals surface area contributed by atoms with E-state index in [-0.39, 0.29) is 5.56 Å². The van der Waals surface area contributed by atoms with Crippen LogP contribution in [0.15, 0.2) is 70.4 Å². The summed E-state index contributed by atoms with van der Waals surface area (Å²) in [6, 6.07) is 14.7. The van der Waals surface area contributed by atoms with Crippen LogP contribution in [0.1, 0.15) is 34.1 Å². The Morgan fingerprint density at radius 2 is 1.84 bits per heavy atom. The van der Waals surface area contributed by atoms with Crippen LogP contribution < -0.4 is 14.8 Å². The topological polar surface area (TPSA) is 120 Å². The molecular formula is C26H24ClN3O7. The molecule has 0 unspecified atom stereocenters. The smallest absolute Gasteiger partial charge is 0.325 e. The van der Waals surface area contributed by atoms with Crippen LogP contribution in [0.5, 0.6) is 11.5 Å². The molecule has 1 N–H and O–H groups in total. The number of hydrogen-bond donors (Lipinski definition) is 1. The lowest BCUT2D eigenvalue weighted by molar-refractivity contribution is -0.152. The maximum absolute atomic E-state index is 12.9. The maximum Gasteiger partial charge on any atom is 0.325 e. The highest BCUT2D eigenvalue weighted by molar-refractivity contribution is 6.30. The largest absolute Gasteiger partial charge is 0.493 e. The first-order chi connectivity index (χ1) is 17.9. The summed E-state index contributed by atoms with van der Waals surface area (Å²) in [5, 5.41) is 8.75. The third kappa shape index (κ3) is 6.10. The second kappa shape index (κ2) is 11.6. The molecule has 4 rings (SSSR count). The molecule has 0 fully saturated rings. The molecule has 0 aliphatic carbocycles. The molecule has 0 radical (unpaired) electrons. The van der Waals surface area contributed by atoms with Gasteiger partial charge in [0.25, 0.3) is 11.8 Å². The van der Waals surface area contributed by atoms with E-state index < -0.39 is 37.0 Å². The molecule has 2 amide bonds. The van der Waals surface area contributed by atoms with Crippen LogP contribution in [0.25, 0.3) is 0 Å². The summed E-state index contributed by atoms with van der Waals surface area (Å²) in [6.45, 7) is -0.985. The van der Waals surface area contributed by atoms with Crippen LogP contribution >= 0.6 is 11.6 Å². The van der Waals surface area contributed by atoms with Crippen LogP contribution in [0.3, 0.4) is 0 Å². The molecule has 1 aliphatic heterocycles. The van der Waals surface area contributed by atoms with Gasteiger partial charge in [-0.2, -0.15) is 5.10 Å². The number of methoxy groups -OCH3 is 2. The number of rotatable bonds is 9. The highest BCUT2D eigenvalue weighted by Crippen LogP contribution is 2.33. The van der Waals surface area contributed by atoms with E-state index in [1.807, 2.05) is 12.1 Å². The summed E-state index contributed by atoms with van der Waals surface area (Å²) < 4.78 is 20.9. The number of halogens is 1. The molecule has 10 nitrogen and oxygen atoms in total. The first-order valence-corrected chi connectivity index (χ1v) is 11.6. The fraction of sp³-hybridized carbons (Fsp3) is 0.231. The van der Waals surface area contributed by atoms with E-state index in [0.29, 0.717) is 34.4 Å². The van der Waals surface area contributed by atoms with Crippen molar-refractivity contribution < 1.29 is 33.0 Å². The molecule has 1 atom stereocenters.